The Morgan fingerprint density at radius 3 is 2.46 bits per heavy atom. The van der Waals surface area contributed by atoms with E-state index in [-0.39, 0.29) is 5.69 Å². The Hall–Kier alpha value is -3.43. The molecule has 1 amide bonds. The lowest BCUT2D eigenvalue weighted by atomic mass is 10.3. The molecule has 0 aliphatic heterocycles. The molecule has 6 nitrogen and oxygen atoms in total. The maximum Gasteiger partial charge on any atom is 0.237 e. The quantitative estimate of drug-likeness (QED) is 0.273. The van der Waals surface area contributed by atoms with E-state index in [1.54, 1.807) is 23.6 Å². The lowest BCUT2D eigenvalue weighted by molar-refractivity contribution is -0.115. The lowest BCUT2D eigenvalue weighted by Crippen LogP contribution is -2.23. The number of hydrogen-bond donors (Lipinski definition) is 1. The Kier molecular flexibility index (Phi) is 7.67. The molecule has 0 aliphatic rings. The standard InChI is InChI=1S/C25H21ClF2N4O2S/c1-15(34-22-11-7-6-10-19(22)26)23-30-31-25(32(23)18-8-4-3-5-9-18)35-16(2)24(33)29-21-13-12-17(27)14-20(21)28/h3-16H,1-2H3,(H,29,33). The van der Waals surface area contributed by atoms with Gasteiger partial charge in [0.05, 0.1) is 16.0 Å². The number of nitrogens with zero attached hydrogens (tertiary/aromatic N) is 3. The van der Waals surface area contributed by atoms with E-state index >= 15 is 0 Å². The van der Waals surface area contributed by atoms with Gasteiger partial charge in [-0.2, -0.15) is 0 Å². The van der Waals surface area contributed by atoms with Crippen molar-refractivity contribution in [1.29, 1.82) is 0 Å². The fraction of sp³-hybridized carbons (Fsp3) is 0.160. The van der Waals surface area contributed by atoms with Crippen LogP contribution in [0.15, 0.2) is 78.0 Å². The molecule has 10 heteroatoms. The van der Waals surface area contributed by atoms with Gasteiger partial charge in [0.1, 0.15) is 17.4 Å². The van der Waals surface area contributed by atoms with E-state index in [9.17, 15) is 13.6 Å². The SMILES string of the molecule is CC(Sc1nnc(C(C)Oc2ccccc2Cl)n1-c1ccccc1)C(=O)Nc1ccc(F)cc1F. The molecular weight excluding hydrogens is 494 g/mol. The van der Waals surface area contributed by atoms with E-state index in [1.165, 1.54) is 6.07 Å². The molecule has 1 N–H and O–H groups in total. The fourth-order valence-electron chi connectivity index (χ4n) is 3.26. The van der Waals surface area contributed by atoms with Crippen LogP contribution in [0.4, 0.5) is 14.5 Å². The summed E-state index contributed by atoms with van der Waals surface area (Å²) in [6.45, 7) is 3.49. The number of thioether (sulfide) groups is 1. The second-order valence-electron chi connectivity index (χ2n) is 7.58. The molecule has 4 rings (SSSR count). The third-order valence-electron chi connectivity index (χ3n) is 5.02. The molecule has 1 heterocycles. The van der Waals surface area contributed by atoms with Gasteiger partial charge in [-0.05, 0) is 50.2 Å². The first-order valence-corrected chi connectivity index (χ1v) is 11.9. The van der Waals surface area contributed by atoms with Gasteiger partial charge in [-0.15, -0.1) is 10.2 Å². The molecule has 4 aromatic rings. The summed E-state index contributed by atoms with van der Waals surface area (Å²) in [6, 6.07) is 19.5. The van der Waals surface area contributed by atoms with Crippen molar-refractivity contribution in [3.63, 3.8) is 0 Å². The molecule has 0 fully saturated rings. The van der Waals surface area contributed by atoms with Crippen LogP contribution in [-0.2, 0) is 4.79 Å². The average Bonchev–Trinajstić information content (AvgIpc) is 3.26. The van der Waals surface area contributed by atoms with Crippen LogP contribution >= 0.6 is 23.4 Å². The minimum Gasteiger partial charge on any atom is -0.481 e. The van der Waals surface area contributed by atoms with Gasteiger partial charge in [0.2, 0.25) is 5.91 Å². The average molecular weight is 515 g/mol. The molecule has 0 radical (unpaired) electrons. The van der Waals surface area contributed by atoms with E-state index in [0.717, 1.165) is 23.5 Å². The Morgan fingerprint density at radius 1 is 1.03 bits per heavy atom. The number of carbonyl (C=O) groups excluding carboxylic acids is 1. The molecule has 2 atom stereocenters. The van der Waals surface area contributed by atoms with Crippen LogP contribution in [-0.4, -0.2) is 25.9 Å². The zero-order chi connectivity index (χ0) is 24.9. The summed E-state index contributed by atoms with van der Waals surface area (Å²) in [5.74, 6) is -1.02. The van der Waals surface area contributed by atoms with Gasteiger partial charge < -0.3 is 10.1 Å². The van der Waals surface area contributed by atoms with Crippen LogP contribution < -0.4 is 10.1 Å². The number of para-hydroxylation sites is 2. The van der Waals surface area contributed by atoms with Gasteiger partial charge in [-0.1, -0.05) is 53.7 Å². The molecule has 0 saturated heterocycles. The molecule has 0 bridgehead atoms. The number of amides is 1. The lowest BCUT2D eigenvalue weighted by Gasteiger charge is -2.18. The first kappa shape index (κ1) is 24.7. The minimum absolute atomic E-state index is 0.101. The van der Waals surface area contributed by atoms with Crippen molar-refractivity contribution >= 4 is 35.0 Å². The number of hydrogen-bond acceptors (Lipinski definition) is 5. The molecule has 3 aromatic carbocycles. The van der Waals surface area contributed by atoms with Crippen molar-refractivity contribution in [2.75, 3.05) is 5.32 Å². The Balaban J connectivity index is 1.59. The van der Waals surface area contributed by atoms with E-state index < -0.39 is 28.9 Å². The van der Waals surface area contributed by atoms with Gasteiger partial charge >= 0.3 is 0 Å². The maximum atomic E-state index is 14.0. The molecule has 0 spiro atoms. The maximum absolute atomic E-state index is 14.0. The summed E-state index contributed by atoms with van der Waals surface area (Å²) >= 11 is 7.39. The molecule has 0 aliphatic carbocycles. The van der Waals surface area contributed by atoms with E-state index in [0.29, 0.717) is 27.8 Å². The topological polar surface area (TPSA) is 69.0 Å². The molecule has 180 valence electrons. The predicted octanol–water partition coefficient (Wildman–Crippen LogP) is 6.46. The summed E-state index contributed by atoms with van der Waals surface area (Å²) in [5, 5.41) is 11.4. The molecule has 2 unspecified atom stereocenters. The van der Waals surface area contributed by atoms with Gasteiger partial charge in [-0.25, -0.2) is 8.78 Å². The zero-order valence-corrected chi connectivity index (χ0v) is 20.4. The van der Waals surface area contributed by atoms with Crippen LogP contribution in [0.3, 0.4) is 0 Å². The number of anilines is 1. The second kappa shape index (κ2) is 10.9. The molecular formula is C25H21ClF2N4O2S. The Bertz CT molecular complexity index is 1340. The number of benzene rings is 3. The summed E-state index contributed by atoms with van der Waals surface area (Å²) in [5.41, 5.74) is 0.678. The summed E-state index contributed by atoms with van der Waals surface area (Å²) in [4.78, 5) is 12.7. The Morgan fingerprint density at radius 2 is 1.74 bits per heavy atom. The van der Waals surface area contributed by atoms with Crippen LogP contribution in [0.5, 0.6) is 5.75 Å². The van der Waals surface area contributed by atoms with Crippen molar-refractivity contribution in [3.8, 4) is 11.4 Å². The highest BCUT2D eigenvalue weighted by Gasteiger charge is 2.25. The van der Waals surface area contributed by atoms with Gasteiger partial charge in [0.15, 0.2) is 17.1 Å². The van der Waals surface area contributed by atoms with Gasteiger partial charge in [0.25, 0.3) is 0 Å². The van der Waals surface area contributed by atoms with Crippen molar-refractivity contribution < 1.29 is 18.3 Å². The fourth-order valence-corrected chi connectivity index (χ4v) is 4.32. The largest absolute Gasteiger partial charge is 0.481 e. The van der Waals surface area contributed by atoms with E-state index in [2.05, 4.69) is 15.5 Å². The highest BCUT2D eigenvalue weighted by Crippen LogP contribution is 2.32. The number of rotatable bonds is 8. The highest BCUT2D eigenvalue weighted by molar-refractivity contribution is 8.00. The number of nitrogens with one attached hydrogen (secondary N) is 1. The predicted molar refractivity (Wildman–Crippen MR) is 132 cm³/mol. The summed E-state index contributed by atoms with van der Waals surface area (Å²) in [6.07, 6.45) is -0.519. The minimum atomic E-state index is -0.851. The van der Waals surface area contributed by atoms with Crippen molar-refractivity contribution in [2.45, 2.75) is 30.4 Å². The summed E-state index contributed by atoms with van der Waals surface area (Å²) in [7, 11) is 0. The third-order valence-corrected chi connectivity index (χ3v) is 6.37. The van der Waals surface area contributed by atoms with Crippen LogP contribution in [0.1, 0.15) is 25.8 Å². The first-order valence-electron chi connectivity index (χ1n) is 10.7. The van der Waals surface area contributed by atoms with Crippen LogP contribution in [0.25, 0.3) is 5.69 Å². The summed E-state index contributed by atoms with van der Waals surface area (Å²) < 4.78 is 35.0. The smallest absolute Gasteiger partial charge is 0.237 e. The third kappa shape index (κ3) is 5.80. The first-order chi connectivity index (χ1) is 16.8. The molecule has 0 saturated carbocycles. The van der Waals surface area contributed by atoms with Crippen molar-refractivity contribution in [3.05, 3.63) is 95.3 Å². The number of halogens is 3. The Labute approximate surface area is 210 Å². The highest BCUT2D eigenvalue weighted by atomic mass is 35.5. The van der Waals surface area contributed by atoms with Crippen LogP contribution in [0, 0.1) is 11.6 Å². The normalized spacial score (nSPS) is 12.7. The molecule has 1 aromatic heterocycles. The molecule has 35 heavy (non-hydrogen) atoms. The number of carbonyl (C=O) groups is 1. The van der Waals surface area contributed by atoms with Crippen molar-refractivity contribution in [2.24, 2.45) is 0 Å². The number of ether oxygens (including phenoxy) is 1. The van der Waals surface area contributed by atoms with Crippen LogP contribution in [0.2, 0.25) is 5.02 Å². The van der Waals surface area contributed by atoms with Gasteiger partial charge in [-0.3, -0.25) is 9.36 Å². The number of aromatic nitrogens is 3. The van der Waals surface area contributed by atoms with Gasteiger partial charge in [0, 0.05) is 11.8 Å². The zero-order valence-electron chi connectivity index (χ0n) is 18.8. The second-order valence-corrected chi connectivity index (χ2v) is 9.29. The van der Waals surface area contributed by atoms with E-state index in [4.69, 9.17) is 16.3 Å². The monoisotopic (exact) mass is 514 g/mol. The van der Waals surface area contributed by atoms with Crippen molar-refractivity contribution in [1.82, 2.24) is 14.8 Å². The van der Waals surface area contributed by atoms with E-state index in [1.807, 2.05) is 49.4 Å².